The zero-order valence-corrected chi connectivity index (χ0v) is 9.36. The molecule has 0 spiro atoms. The van der Waals surface area contributed by atoms with Crippen molar-refractivity contribution >= 4 is 0 Å². The van der Waals surface area contributed by atoms with Gasteiger partial charge in [-0.3, -0.25) is 0 Å². The second-order valence-electron chi connectivity index (χ2n) is 3.26. The summed E-state index contributed by atoms with van der Waals surface area (Å²) in [6.45, 7) is 6.16. The van der Waals surface area contributed by atoms with Crippen LogP contribution in [0, 0.1) is 0 Å². The monoisotopic (exact) mass is 218 g/mol. The van der Waals surface area contributed by atoms with Gasteiger partial charge in [-0.2, -0.15) is 13.2 Å². The SMILES string of the molecule is CCC.CCc1ccc(C(F)(F)F)cc1. The van der Waals surface area contributed by atoms with E-state index in [1.165, 1.54) is 18.6 Å². The molecule has 15 heavy (non-hydrogen) atoms. The summed E-state index contributed by atoms with van der Waals surface area (Å²) in [5.41, 5.74) is 0.336. The minimum atomic E-state index is -4.22. The van der Waals surface area contributed by atoms with E-state index in [1.54, 1.807) is 0 Å². The van der Waals surface area contributed by atoms with Crippen LogP contribution >= 0.6 is 0 Å². The van der Waals surface area contributed by atoms with Crippen molar-refractivity contribution in [3.8, 4) is 0 Å². The van der Waals surface area contributed by atoms with Gasteiger partial charge < -0.3 is 0 Å². The molecule has 1 aromatic carbocycles. The van der Waals surface area contributed by atoms with Crippen LogP contribution in [0.3, 0.4) is 0 Å². The highest BCUT2D eigenvalue weighted by molar-refractivity contribution is 5.24. The van der Waals surface area contributed by atoms with Crippen LogP contribution in [-0.2, 0) is 12.6 Å². The predicted octanol–water partition coefficient (Wildman–Crippen LogP) is 4.68. The number of alkyl halides is 3. The zero-order chi connectivity index (χ0) is 11.9. The van der Waals surface area contributed by atoms with E-state index < -0.39 is 11.7 Å². The molecule has 86 valence electrons. The lowest BCUT2D eigenvalue weighted by Crippen LogP contribution is -2.04. The Morgan fingerprint density at radius 2 is 1.33 bits per heavy atom. The fraction of sp³-hybridized carbons (Fsp3) is 0.500. The highest BCUT2D eigenvalue weighted by Crippen LogP contribution is 2.28. The Balaban J connectivity index is 0.000000583. The van der Waals surface area contributed by atoms with Gasteiger partial charge in [0, 0.05) is 0 Å². The molecule has 0 aromatic heterocycles. The maximum atomic E-state index is 12.0. The minimum Gasteiger partial charge on any atom is -0.166 e. The van der Waals surface area contributed by atoms with Gasteiger partial charge in [0.1, 0.15) is 0 Å². The maximum absolute atomic E-state index is 12.0. The molecule has 0 radical (unpaired) electrons. The third-order valence-corrected chi connectivity index (χ3v) is 1.69. The van der Waals surface area contributed by atoms with Crippen molar-refractivity contribution in [1.29, 1.82) is 0 Å². The smallest absolute Gasteiger partial charge is 0.166 e. The molecule has 0 amide bonds. The molecular formula is C12H17F3. The normalized spacial score (nSPS) is 10.5. The predicted molar refractivity (Wildman–Crippen MR) is 56.8 cm³/mol. The van der Waals surface area contributed by atoms with Gasteiger partial charge in [-0.05, 0) is 24.1 Å². The van der Waals surface area contributed by atoms with E-state index in [9.17, 15) is 13.2 Å². The molecular weight excluding hydrogens is 201 g/mol. The van der Waals surface area contributed by atoms with Crippen molar-refractivity contribution in [2.24, 2.45) is 0 Å². The first-order valence-electron chi connectivity index (χ1n) is 5.11. The van der Waals surface area contributed by atoms with Gasteiger partial charge in [0.05, 0.1) is 5.56 Å². The van der Waals surface area contributed by atoms with Crippen LogP contribution < -0.4 is 0 Å². The second kappa shape index (κ2) is 6.49. The highest BCUT2D eigenvalue weighted by Gasteiger charge is 2.29. The average Bonchev–Trinajstić information content (AvgIpc) is 2.18. The summed E-state index contributed by atoms with van der Waals surface area (Å²) < 4.78 is 36.1. The van der Waals surface area contributed by atoms with Gasteiger partial charge in [-0.25, -0.2) is 0 Å². The van der Waals surface area contributed by atoms with E-state index in [-0.39, 0.29) is 0 Å². The maximum Gasteiger partial charge on any atom is 0.416 e. The number of hydrogen-bond acceptors (Lipinski definition) is 0. The van der Waals surface area contributed by atoms with E-state index in [4.69, 9.17) is 0 Å². The van der Waals surface area contributed by atoms with Crippen molar-refractivity contribution in [1.82, 2.24) is 0 Å². The minimum absolute atomic E-state index is 0.584. The van der Waals surface area contributed by atoms with Crippen molar-refractivity contribution < 1.29 is 13.2 Å². The molecule has 0 aliphatic heterocycles. The number of halogens is 3. The summed E-state index contributed by atoms with van der Waals surface area (Å²) in [6, 6.07) is 5.23. The summed E-state index contributed by atoms with van der Waals surface area (Å²) in [4.78, 5) is 0. The summed E-state index contributed by atoms with van der Waals surface area (Å²) in [5, 5.41) is 0. The fourth-order valence-electron chi connectivity index (χ4n) is 0.929. The van der Waals surface area contributed by atoms with E-state index in [2.05, 4.69) is 13.8 Å². The first-order valence-corrected chi connectivity index (χ1v) is 5.11. The number of benzene rings is 1. The van der Waals surface area contributed by atoms with Gasteiger partial charge in [0.2, 0.25) is 0 Å². The summed E-state index contributed by atoms with van der Waals surface area (Å²) in [6.07, 6.45) is -2.20. The standard InChI is InChI=1S/C9H9F3.C3H8/c1-2-7-3-5-8(6-4-7)9(10,11)12;1-3-2/h3-6H,2H2,1H3;3H2,1-2H3. The molecule has 0 N–H and O–H groups in total. The first-order chi connectivity index (χ1) is 6.95. The Morgan fingerprint density at radius 1 is 0.933 bits per heavy atom. The lowest BCUT2D eigenvalue weighted by Gasteiger charge is -2.06. The molecule has 0 aliphatic rings. The van der Waals surface area contributed by atoms with E-state index >= 15 is 0 Å². The van der Waals surface area contributed by atoms with Crippen LogP contribution in [-0.4, -0.2) is 0 Å². The zero-order valence-electron chi connectivity index (χ0n) is 9.36. The third kappa shape index (κ3) is 5.45. The molecule has 0 nitrogen and oxygen atoms in total. The lowest BCUT2D eigenvalue weighted by molar-refractivity contribution is -0.137. The van der Waals surface area contributed by atoms with E-state index in [1.807, 2.05) is 6.92 Å². The average molecular weight is 218 g/mol. The van der Waals surface area contributed by atoms with Gasteiger partial charge >= 0.3 is 6.18 Å². The Labute approximate surface area is 89.1 Å². The number of aryl methyl sites for hydroxylation is 1. The van der Waals surface area contributed by atoms with E-state index in [0.29, 0.717) is 0 Å². The lowest BCUT2D eigenvalue weighted by atomic mass is 10.1. The van der Waals surface area contributed by atoms with Crippen molar-refractivity contribution in [3.05, 3.63) is 35.4 Å². The molecule has 1 rings (SSSR count). The largest absolute Gasteiger partial charge is 0.416 e. The van der Waals surface area contributed by atoms with Crippen LogP contribution in [0.5, 0.6) is 0 Å². The molecule has 0 heterocycles. The van der Waals surface area contributed by atoms with Crippen molar-refractivity contribution in [3.63, 3.8) is 0 Å². The Hall–Kier alpha value is -0.990. The van der Waals surface area contributed by atoms with Crippen molar-refractivity contribution in [2.75, 3.05) is 0 Å². The number of hydrogen-bond donors (Lipinski definition) is 0. The quantitative estimate of drug-likeness (QED) is 0.641. The molecule has 3 heteroatoms. The summed E-state index contributed by atoms with van der Waals surface area (Å²) >= 11 is 0. The van der Waals surface area contributed by atoms with Crippen LogP contribution in [0.25, 0.3) is 0 Å². The molecule has 1 aromatic rings. The van der Waals surface area contributed by atoms with Crippen LogP contribution in [0.1, 0.15) is 38.3 Å². The van der Waals surface area contributed by atoms with Gasteiger partial charge in [0.15, 0.2) is 0 Å². The first kappa shape index (κ1) is 14.0. The molecule has 0 fully saturated rings. The molecule has 0 saturated carbocycles. The fourth-order valence-corrected chi connectivity index (χ4v) is 0.929. The van der Waals surface area contributed by atoms with Crippen molar-refractivity contribution in [2.45, 2.75) is 39.8 Å². The molecule has 0 unspecified atom stereocenters. The Kier molecular flexibility index (Phi) is 6.06. The summed E-state index contributed by atoms with van der Waals surface area (Å²) in [5.74, 6) is 0. The summed E-state index contributed by atoms with van der Waals surface area (Å²) in [7, 11) is 0. The second-order valence-corrected chi connectivity index (χ2v) is 3.26. The topological polar surface area (TPSA) is 0 Å². The van der Waals surface area contributed by atoms with Crippen LogP contribution in [0.2, 0.25) is 0 Å². The molecule has 0 atom stereocenters. The number of rotatable bonds is 1. The molecule has 0 aliphatic carbocycles. The highest BCUT2D eigenvalue weighted by atomic mass is 19.4. The Morgan fingerprint density at radius 3 is 1.60 bits per heavy atom. The van der Waals surface area contributed by atoms with Gasteiger partial charge in [-0.1, -0.05) is 39.3 Å². The van der Waals surface area contributed by atoms with Gasteiger partial charge in [-0.15, -0.1) is 0 Å². The molecule has 0 saturated heterocycles. The third-order valence-electron chi connectivity index (χ3n) is 1.69. The van der Waals surface area contributed by atoms with Crippen LogP contribution in [0.4, 0.5) is 13.2 Å². The van der Waals surface area contributed by atoms with Gasteiger partial charge in [0.25, 0.3) is 0 Å². The van der Waals surface area contributed by atoms with Crippen LogP contribution in [0.15, 0.2) is 24.3 Å². The Bertz CT molecular complexity index is 259. The molecule has 0 bridgehead atoms. The van der Waals surface area contributed by atoms with E-state index in [0.717, 1.165) is 24.1 Å².